The van der Waals surface area contributed by atoms with E-state index in [9.17, 15) is 0 Å². The second-order valence-electron chi connectivity index (χ2n) is 5.18. The third-order valence-electron chi connectivity index (χ3n) is 3.17. The molecular formula is C14H28N4O. The highest BCUT2D eigenvalue weighted by Gasteiger charge is 2.19. The van der Waals surface area contributed by atoms with E-state index in [1.54, 1.807) is 7.11 Å². The molecule has 2 atom stereocenters. The van der Waals surface area contributed by atoms with E-state index in [0.717, 1.165) is 39.0 Å². The number of nitrogens with one attached hydrogen (secondary N) is 1. The summed E-state index contributed by atoms with van der Waals surface area (Å²) in [5.74, 6) is 0.518. The van der Waals surface area contributed by atoms with E-state index >= 15 is 0 Å². The lowest BCUT2D eigenvalue weighted by Gasteiger charge is -2.22. The molecule has 1 aromatic rings. The van der Waals surface area contributed by atoms with Gasteiger partial charge in [-0.3, -0.25) is 0 Å². The van der Waals surface area contributed by atoms with E-state index in [1.807, 2.05) is 10.9 Å². The second kappa shape index (κ2) is 9.04. The number of hydrogen-bond acceptors (Lipinski definition) is 4. The first-order valence-electron chi connectivity index (χ1n) is 7.33. The number of rotatable bonds is 10. The van der Waals surface area contributed by atoms with Crippen LogP contribution in [0.5, 0.6) is 0 Å². The van der Waals surface area contributed by atoms with Crippen molar-refractivity contribution in [1.29, 1.82) is 0 Å². The molecule has 19 heavy (non-hydrogen) atoms. The maximum absolute atomic E-state index is 5.24. The van der Waals surface area contributed by atoms with E-state index in [0.29, 0.717) is 12.0 Å². The number of ether oxygens (including phenoxy) is 1. The molecule has 110 valence electrons. The predicted octanol–water partition coefficient (Wildman–Crippen LogP) is 2.40. The zero-order valence-electron chi connectivity index (χ0n) is 12.7. The summed E-state index contributed by atoms with van der Waals surface area (Å²) in [5, 5.41) is 11.9. The van der Waals surface area contributed by atoms with Crippen LogP contribution in [-0.4, -0.2) is 35.3 Å². The molecule has 0 saturated carbocycles. The lowest BCUT2D eigenvalue weighted by atomic mass is 10.00. The Balaban J connectivity index is 2.73. The summed E-state index contributed by atoms with van der Waals surface area (Å²) in [6, 6.07) is 0.312. The number of aromatic nitrogens is 3. The van der Waals surface area contributed by atoms with Crippen LogP contribution in [0.4, 0.5) is 0 Å². The van der Waals surface area contributed by atoms with Crippen LogP contribution < -0.4 is 5.32 Å². The molecule has 0 aliphatic rings. The summed E-state index contributed by atoms with van der Waals surface area (Å²) in [5.41, 5.74) is 1.19. The third-order valence-corrected chi connectivity index (χ3v) is 3.17. The summed E-state index contributed by atoms with van der Waals surface area (Å²) >= 11 is 0. The van der Waals surface area contributed by atoms with E-state index in [1.165, 1.54) is 5.69 Å². The zero-order valence-corrected chi connectivity index (χ0v) is 12.7. The van der Waals surface area contributed by atoms with Crippen molar-refractivity contribution in [2.45, 2.75) is 52.6 Å². The van der Waals surface area contributed by atoms with Gasteiger partial charge in [-0.2, -0.15) is 0 Å². The van der Waals surface area contributed by atoms with Gasteiger partial charge in [0.25, 0.3) is 0 Å². The van der Waals surface area contributed by atoms with Gasteiger partial charge in [0.05, 0.1) is 17.9 Å². The highest BCUT2D eigenvalue weighted by Crippen LogP contribution is 2.21. The molecule has 0 bridgehead atoms. The summed E-state index contributed by atoms with van der Waals surface area (Å²) in [7, 11) is 1.76. The van der Waals surface area contributed by atoms with Crippen molar-refractivity contribution in [2.75, 3.05) is 20.3 Å². The van der Waals surface area contributed by atoms with Gasteiger partial charge in [-0.25, -0.2) is 4.68 Å². The van der Waals surface area contributed by atoms with Crippen LogP contribution in [0.1, 0.15) is 51.8 Å². The molecule has 0 aliphatic heterocycles. The van der Waals surface area contributed by atoms with Gasteiger partial charge in [0, 0.05) is 20.3 Å². The van der Waals surface area contributed by atoms with Gasteiger partial charge in [0.2, 0.25) is 0 Å². The Morgan fingerprint density at radius 1 is 1.37 bits per heavy atom. The zero-order chi connectivity index (χ0) is 14.1. The molecule has 5 nitrogen and oxygen atoms in total. The van der Waals surface area contributed by atoms with Crippen LogP contribution in [-0.2, 0) is 11.3 Å². The van der Waals surface area contributed by atoms with Crippen LogP contribution >= 0.6 is 0 Å². The Morgan fingerprint density at radius 2 is 2.16 bits per heavy atom. The molecule has 0 aliphatic carbocycles. The smallest absolute Gasteiger partial charge is 0.0756 e. The fraction of sp³-hybridized carbons (Fsp3) is 0.857. The van der Waals surface area contributed by atoms with Crippen LogP contribution in [0.3, 0.4) is 0 Å². The Labute approximate surface area is 116 Å². The third kappa shape index (κ3) is 5.28. The number of aryl methyl sites for hydroxylation is 1. The largest absolute Gasteiger partial charge is 0.384 e. The molecule has 0 aromatic carbocycles. The van der Waals surface area contributed by atoms with Crippen molar-refractivity contribution in [3.8, 4) is 0 Å². The lowest BCUT2D eigenvalue weighted by molar-refractivity contribution is 0.148. The van der Waals surface area contributed by atoms with Crippen LogP contribution in [0.15, 0.2) is 6.20 Å². The van der Waals surface area contributed by atoms with Gasteiger partial charge in [0.1, 0.15) is 0 Å². The Kier molecular flexibility index (Phi) is 7.67. The monoisotopic (exact) mass is 268 g/mol. The van der Waals surface area contributed by atoms with Crippen molar-refractivity contribution < 1.29 is 4.74 Å². The van der Waals surface area contributed by atoms with Gasteiger partial charge in [0.15, 0.2) is 0 Å². The van der Waals surface area contributed by atoms with Crippen LogP contribution in [0.2, 0.25) is 0 Å². The molecule has 0 amide bonds. The van der Waals surface area contributed by atoms with Crippen molar-refractivity contribution >= 4 is 0 Å². The molecule has 0 saturated heterocycles. The molecule has 1 aromatic heterocycles. The molecular weight excluding hydrogens is 240 g/mol. The molecule has 1 N–H and O–H groups in total. The van der Waals surface area contributed by atoms with Gasteiger partial charge in [-0.1, -0.05) is 26.0 Å². The van der Waals surface area contributed by atoms with Crippen molar-refractivity contribution in [3.05, 3.63) is 11.9 Å². The molecule has 1 heterocycles. The van der Waals surface area contributed by atoms with Crippen molar-refractivity contribution in [3.63, 3.8) is 0 Å². The van der Waals surface area contributed by atoms with E-state index < -0.39 is 0 Å². The topological polar surface area (TPSA) is 52.0 Å². The quantitative estimate of drug-likeness (QED) is 0.708. The van der Waals surface area contributed by atoms with E-state index in [2.05, 4.69) is 36.4 Å². The average Bonchev–Trinajstić information content (AvgIpc) is 2.83. The number of hydrogen-bond donors (Lipinski definition) is 1. The van der Waals surface area contributed by atoms with Crippen molar-refractivity contribution in [1.82, 2.24) is 20.3 Å². The van der Waals surface area contributed by atoms with Gasteiger partial charge >= 0.3 is 0 Å². The highest BCUT2D eigenvalue weighted by molar-refractivity contribution is 5.02. The standard InChI is InChI=1S/C14H28N4O/c1-5-7-15-13(9-12(3)11-19-4)14-10-16-17-18(14)8-6-2/h10,12-13,15H,5-9,11H2,1-4H3. The van der Waals surface area contributed by atoms with Gasteiger partial charge in [-0.15, -0.1) is 5.10 Å². The average molecular weight is 268 g/mol. The molecule has 0 radical (unpaired) electrons. The molecule has 0 fully saturated rings. The Hall–Kier alpha value is -0.940. The first kappa shape index (κ1) is 16.1. The normalized spacial score (nSPS) is 14.5. The SMILES string of the molecule is CCCNC(CC(C)COC)c1cnnn1CCC. The van der Waals surface area contributed by atoms with Crippen LogP contribution in [0.25, 0.3) is 0 Å². The number of nitrogens with zero attached hydrogens (tertiary/aromatic N) is 3. The lowest BCUT2D eigenvalue weighted by Crippen LogP contribution is -2.27. The minimum Gasteiger partial charge on any atom is -0.384 e. The summed E-state index contributed by atoms with van der Waals surface area (Å²) in [4.78, 5) is 0. The minimum atomic E-state index is 0.312. The Morgan fingerprint density at radius 3 is 2.79 bits per heavy atom. The van der Waals surface area contributed by atoms with E-state index in [4.69, 9.17) is 4.74 Å². The second-order valence-corrected chi connectivity index (χ2v) is 5.18. The predicted molar refractivity (Wildman–Crippen MR) is 77.0 cm³/mol. The fourth-order valence-corrected chi connectivity index (χ4v) is 2.30. The van der Waals surface area contributed by atoms with Gasteiger partial charge < -0.3 is 10.1 Å². The maximum atomic E-state index is 5.24. The first-order chi connectivity index (χ1) is 9.22. The molecule has 0 spiro atoms. The summed E-state index contributed by atoms with van der Waals surface area (Å²) < 4.78 is 7.26. The summed E-state index contributed by atoms with van der Waals surface area (Å²) in [6.07, 6.45) is 5.14. The fourth-order valence-electron chi connectivity index (χ4n) is 2.30. The van der Waals surface area contributed by atoms with Gasteiger partial charge in [-0.05, 0) is 31.7 Å². The maximum Gasteiger partial charge on any atom is 0.0756 e. The minimum absolute atomic E-state index is 0.312. The number of methoxy groups -OCH3 is 1. The molecule has 5 heteroatoms. The first-order valence-corrected chi connectivity index (χ1v) is 7.33. The van der Waals surface area contributed by atoms with Crippen LogP contribution in [0, 0.1) is 5.92 Å². The Bertz CT molecular complexity index is 340. The molecule has 1 rings (SSSR count). The van der Waals surface area contributed by atoms with Crippen molar-refractivity contribution in [2.24, 2.45) is 5.92 Å². The summed E-state index contributed by atoms with van der Waals surface area (Å²) in [6.45, 7) is 9.30. The van der Waals surface area contributed by atoms with E-state index in [-0.39, 0.29) is 0 Å². The molecule has 2 unspecified atom stereocenters. The highest BCUT2D eigenvalue weighted by atomic mass is 16.5.